The van der Waals surface area contributed by atoms with E-state index in [4.69, 9.17) is 8.83 Å². The summed E-state index contributed by atoms with van der Waals surface area (Å²) in [5, 5.41) is 5.43. The molecule has 8 heteroatoms. The van der Waals surface area contributed by atoms with E-state index in [1.807, 2.05) is 0 Å². The lowest BCUT2D eigenvalue weighted by molar-refractivity contribution is -0.126. The number of furan rings is 2. The molecule has 1 fully saturated rings. The largest absolute Gasteiger partial charge is 0.459 e. The van der Waals surface area contributed by atoms with Gasteiger partial charge in [0.2, 0.25) is 5.91 Å². The molecule has 26 heavy (non-hydrogen) atoms. The molecule has 0 spiro atoms. The third-order valence-corrected chi connectivity index (χ3v) is 4.25. The maximum atomic E-state index is 12.5. The summed E-state index contributed by atoms with van der Waals surface area (Å²) in [6.45, 7) is 1.06. The minimum Gasteiger partial charge on any atom is -0.459 e. The Morgan fingerprint density at radius 1 is 1.00 bits per heavy atom. The molecule has 3 rings (SSSR count). The molecule has 1 atom stereocenters. The lowest BCUT2D eigenvalue weighted by Gasteiger charge is -2.34. The van der Waals surface area contributed by atoms with E-state index < -0.39 is 6.04 Å². The molecule has 0 bridgehead atoms. The van der Waals surface area contributed by atoms with Crippen LogP contribution in [-0.4, -0.2) is 48.3 Å². The highest BCUT2D eigenvalue weighted by atomic mass is 16.3. The Morgan fingerprint density at radius 3 is 2.38 bits per heavy atom. The van der Waals surface area contributed by atoms with Gasteiger partial charge in [0.05, 0.1) is 12.5 Å². The Hall–Kier alpha value is -3.03. The normalized spacial score (nSPS) is 16.9. The SMILES string of the molecule is O=C(NCCNC(=O)C1CCCCN1C(=O)c1ccco1)c1ccco1. The number of hydrogen-bond acceptors (Lipinski definition) is 5. The third-order valence-electron chi connectivity index (χ3n) is 4.25. The molecular weight excluding hydrogens is 338 g/mol. The lowest BCUT2D eigenvalue weighted by Crippen LogP contribution is -2.52. The maximum absolute atomic E-state index is 12.5. The molecule has 2 aromatic rings. The number of hydrogen-bond donors (Lipinski definition) is 2. The monoisotopic (exact) mass is 359 g/mol. The van der Waals surface area contributed by atoms with Crippen LogP contribution < -0.4 is 10.6 Å². The second kappa shape index (κ2) is 8.37. The molecule has 0 aliphatic carbocycles. The number of nitrogens with zero attached hydrogens (tertiary/aromatic N) is 1. The topological polar surface area (TPSA) is 105 Å². The maximum Gasteiger partial charge on any atom is 0.290 e. The summed E-state index contributed by atoms with van der Waals surface area (Å²) in [6, 6.07) is 5.91. The van der Waals surface area contributed by atoms with E-state index in [0.29, 0.717) is 13.0 Å². The molecule has 1 saturated heterocycles. The molecular formula is C18H21N3O5. The van der Waals surface area contributed by atoms with E-state index in [2.05, 4.69) is 10.6 Å². The highest BCUT2D eigenvalue weighted by Gasteiger charge is 2.33. The van der Waals surface area contributed by atoms with Crippen molar-refractivity contribution in [3.8, 4) is 0 Å². The predicted octanol–water partition coefficient (Wildman–Crippen LogP) is 1.41. The second-order valence-corrected chi connectivity index (χ2v) is 6.01. The van der Waals surface area contributed by atoms with Crippen molar-refractivity contribution in [1.82, 2.24) is 15.5 Å². The second-order valence-electron chi connectivity index (χ2n) is 6.01. The van der Waals surface area contributed by atoms with Crippen molar-refractivity contribution in [2.45, 2.75) is 25.3 Å². The van der Waals surface area contributed by atoms with Gasteiger partial charge in [-0.25, -0.2) is 0 Å². The highest BCUT2D eigenvalue weighted by molar-refractivity contribution is 5.95. The van der Waals surface area contributed by atoms with E-state index >= 15 is 0 Å². The smallest absolute Gasteiger partial charge is 0.290 e. The Bertz CT molecular complexity index is 739. The molecule has 3 heterocycles. The van der Waals surface area contributed by atoms with Gasteiger partial charge >= 0.3 is 0 Å². The van der Waals surface area contributed by atoms with Crippen molar-refractivity contribution in [3.05, 3.63) is 48.3 Å². The van der Waals surface area contributed by atoms with Gasteiger partial charge in [-0.1, -0.05) is 0 Å². The van der Waals surface area contributed by atoms with Gasteiger partial charge in [0.1, 0.15) is 6.04 Å². The van der Waals surface area contributed by atoms with Gasteiger partial charge in [-0.3, -0.25) is 14.4 Å². The Labute approximate surface area is 150 Å². The number of carbonyl (C=O) groups is 3. The van der Waals surface area contributed by atoms with Gasteiger partial charge in [-0.2, -0.15) is 0 Å². The number of nitrogens with one attached hydrogen (secondary N) is 2. The van der Waals surface area contributed by atoms with Crippen molar-refractivity contribution < 1.29 is 23.2 Å². The molecule has 1 aliphatic heterocycles. The zero-order valence-corrected chi connectivity index (χ0v) is 14.3. The van der Waals surface area contributed by atoms with Crippen molar-refractivity contribution in [2.24, 2.45) is 0 Å². The average molecular weight is 359 g/mol. The molecule has 138 valence electrons. The van der Waals surface area contributed by atoms with Crippen LogP contribution in [-0.2, 0) is 4.79 Å². The molecule has 8 nitrogen and oxygen atoms in total. The first kappa shape index (κ1) is 17.8. The van der Waals surface area contributed by atoms with Crippen molar-refractivity contribution in [3.63, 3.8) is 0 Å². The number of likely N-dealkylation sites (tertiary alicyclic amines) is 1. The quantitative estimate of drug-likeness (QED) is 0.759. The summed E-state index contributed by atoms with van der Waals surface area (Å²) in [6.07, 6.45) is 5.21. The van der Waals surface area contributed by atoms with Crippen molar-refractivity contribution in [1.29, 1.82) is 0 Å². The van der Waals surface area contributed by atoms with Gasteiger partial charge in [0, 0.05) is 19.6 Å². The van der Waals surface area contributed by atoms with Crippen LogP contribution in [0.2, 0.25) is 0 Å². The molecule has 0 radical (unpaired) electrons. The standard InChI is InChI=1S/C18H21N3O5/c22-16(19-8-9-20-17(23)14-6-3-11-25-14)13-5-1-2-10-21(13)18(24)15-7-4-12-26-15/h3-4,6-7,11-13H,1-2,5,8-10H2,(H,19,22)(H,20,23). The van der Waals surface area contributed by atoms with E-state index in [1.165, 1.54) is 12.5 Å². The summed E-state index contributed by atoms with van der Waals surface area (Å²) < 4.78 is 10.1. The first-order valence-corrected chi connectivity index (χ1v) is 8.60. The molecule has 1 aliphatic rings. The molecule has 0 aromatic carbocycles. The highest BCUT2D eigenvalue weighted by Crippen LogP contribution is 2.20. The van der Waals surface area contributed by atoms with Gasteiger partial charge in [0.15, 0.2) is 11.5 Å². The van der Waals surface area contributed by atoms with Crippen molar-refractivity contribution in [2.75, 3.05) is 19.6 Å². The minimum atomic E-state index is -0.526. The Balaban J connectivity index is 1.49. The zero-order chi connectivity index (χ0) is 18.4. The molecule has 2 aromatic heterocycles. The van der Waals surface area contributed by atoms with Crippen LogP contribution in [0.1, 0.15) is 40.4 Å². The fourth-order valence-electron chi connectivity index (χ4n) is 2.96. The summed E-state index contributed by atoms with van der Waals surface area (Å²) in [5.74, 6) is -0.386. The fourth-order valence-corrected chi connectivity index (χ4v) is 2.96. The molecule has 2 N–H and O–H groups in total. The predicted molar refractivity (Wildman–Crippen MR) is 91.4 cm³/mol. The van der Waals surface area contributed by atoms with Crippen LogP contribution in [0.4, 0.5) is 0 Å². The van der Waals surface area contributed by atoms with E-state index in [9.17, 15) is 14.4 Å². The van der Waals surface area contributed by atoms with Crippen LogP contribution in [0.25, 0.3) is 0 Å². The Morgan fingerprint density at radius 2 is 1.69 bits per heavy atom. The van der Waals surface area contributed by atoms with Gasteiger partial charge in [0.25, 0.3) is 11.8 Å². The van der Waals surface area contributed by atoms with Gasteiger partial charge in [-0.15, -0.1) is 0 Å². The lowest BCUT2D eigenvalue weighted by atomic mass is 10.0. The summed E-state index contributed by atoms with van der Waals surface area (Å²) in [4.78, 5) is 38.3. The van der Waals surface area contributed by atoms with Crippen molar-refractivity contribution >= 4 is 17.7 Å². The summed E-state index contributed by atoms with van der Waals surface area (Å²) in [5.41, 5.74) is 0. The minimum absolute atomic E-state index is 0.221. The Kier molecular flexibility index (Phi) is 5.73. The van der Waals surface area contributed by atoms with Gasteiger partial charge in [-0.05, 0) is 43.5 Å². The van der Waals surface area contributed by atoms with E-state index in [-0.39, 0.29) is 42.3 Å². The summed E-state index contributed by atoms with van der Waals surface area (Å²) >= 11 is 0. The zero-order valence-electron chi connectivity index (χ0n) is 14.3. The van der Waals surface area contributed by atoms with E-state index in [1.54, 1.807) is 29.2 Å². The third kappa shape index (κ3) is 4.14. The number of amides is 3. The van der Waals surface area contributed by atoms with Crippen LogP contribution in [0.3, 0.4) is 0 Å². The van der Waals surface area contributed by atoms with Crippen LogP contribution in [0.15, 0.2) is 45.6 Å². The number of carbonyl (C=O) groups excluding carboxylic acids is 3. The molecule has 0 saturated carbocycles. The first-order chi connectivity index (χ1) is 12.7. The molecule has 1 unspecified atom stereocenters. The van der Waals surface area contributed by atoms with Crippen LogP contribution >= 0.6 is 0 Å². The summed E-state index contributed by atoms with van der Waals surface area (Å²) in [7, 11) is 0. The fraction of sp³-hybridized carbons (Fsp3) is 0.389. The number of rotatable bonds is 6. The number of piperidine rings is 1. The average Bonchev–Trinajstić information content (AvgIpc) is 3.38. The van der Waals surface area contributed by atoms with Crippen LogP contribution in [0.5, 0.6) is 0 Å². The van der Waals surface area contributed by atoms with Gasteiger partial charge < -0.3 is 24.4 Å². The van der Waals surface area contributed by atoms with Crippen LogP contribution in [0, 0.1) is 0 Å². The first-order valence-electron chi connectivity index (χ1n) is 8.60. The molecule has 3 amide bonds. The van der Waals surface area contributed by atoms with E-state index in [0.717, 1.165) is 12.8 Å².